The van der Waals surface area contributed by atoms with Crippen LogP contribution in [0.3, 0.4) is 0 Å². The first kappa shape index (κ1) is 22.8. The summed E-state index contributed by atoms with van der Waals surface area (Å²) in [4.78, 5) is 0. The Bertz CT molecular complexity index is 2680. The summed E-state index contributed by atoms with van der Waals surface area (Å²) in [5.74, 6) is 0. The SMILES string of the molecule is c1ccc2c(c1)ccc1c3ccc(-n4c5ccccc5c5cc(-n6c7ccccc7c7ccccc76)ccc54)cc3oc21. The van der Waals surface area contributed by atoms with E-state index in [9.17, 15) is 0 Å². The van der Waals surface area contributed by atoms with Gasteiger partial charge >= 0.3 is 0 Å². The number of furan rings is 1. The molecule has 0 aliphatic rings. The Hall–Kier alpha value is -5.80. The van der Waals surface area contributed by atoms with Gasteiger partial charge in [0.2, 0.25) is 0 Å². The average molecular weight is 549 g/mol. The lowest BCUT2D eigenvalue weighted by Gasteiger charge is -2.10. The van der Waals surface area contributed by atoms with Crippen LogP contribution >= 0.6 is 0 Å². The third-order valence-electron chi connectivity index (χ3n) is 9.10. The van der Waals surface area contributed by atoms with Crippen molar-refractivity contribution in [1.82, 2.24) is 9.13 Å². The van der Waals surface area contributed by atoms with Gasteiger partial charge in [0.25, 0.3) is 0 Å². The summed E-state index contributed by atoms with van der Waals surface area (Å²) in [5.41, 5.74) is 8.88. The Morgan fingerprint density at radius 2 is 0.860 bits per heavy atom. The van der Waals surface area contributed by atoms with Crippen LogP contribution in [0.1, 0.15) is 0 Å². The van der Waals surface area contributed by atoms with Crippen LogP contribution in [-0.4, -0.2) is 9.13 Å². The molecule has 3 heteroatoms. The minimum atomic E-state index is 0.900. The highest BCUT2D eigenvalue weighted by atomic mass is 16.3. The number of rotatable bonds is 2. The number of hydrogen-bond acceptors (Lipinski definition) is 1. The maximum atomic E-state index is 6.56. The average Bonchev–Trinajstić information content (AvgIpc) is 3.72. The van der Waals surface area contributed by atoms with Crippen molar-refractivity contribution in [2.45, 2.75) is 0 Å². The standard InChI is InChI=1S/C40H24N2O/c1-2-10-28-25(9-1)17-20-33-32-21-18-27(24-39(32)43-40(28)33)42-37-16-8-5-13-31(37)34-23-26(19-22-38(34)42)41-35-14-6-3-11-29(35)30-12-4-7-15-36(30)41/h1-24H. The van der Waals surface area contributed by atoms with Gasteiger partial charge < -0.3 is 13.6 Å². The molecule has 0 spiro atoms. The monoisotopic (exact) mass is 548 g/mol. The number of fused-ring (bicyclic) bond motifs is 11. The number of nitrogens with zero attached hydrogens (tertiary/aromatic N) is 2. The van der Waals surface area contributed by atoms with E-state index in [2.05, 4.69) is 155 Å². The van der Waals surface area contributed by atoms with Gasteiger partial charge in [-0.15, -0.1) is 0 Å². The van der Waals surface area contributed by atoms with E-state index in [1.165, 1.54) is 49.0 Å². The zero-order valence-corrected chi connectivity index (χ0v) is 23.2. The third kappa shape index (κ3) is 3.08. The second-order valence-electron chi connectivity index (χ2n) is 11.4. The fourth-order valence-electron chi connectivity index (χ4n) is 7.21. The molecule has 3 aromatic heterocycles. The summed E-state index contributed by atoms with van der Waals surface area (Å²) in [6, 6.07) is 52.3. The largest absolute Gasteiger partial charge is 0.455 e. The van der Waals surface area contributed by atoms with Gasteiger partial charge in [0.1, 0.15) is 11.2 Å². The number of benzene rings is 7. The van der Waals surface area contributed by atoms with Crippen LogP contribution in [-0.2, 0) is 0 Å². The van der Waals surface area contributed by atoms with Crippen molar-refractivity contribution in [3.8, 4) is 11.4 Å². The predicted octanol–water partition coefficient (Wildman–Crippen LogP) is 10.9. The highest BCUT2D eigenvalue weighted by Crippen LogP contribution is 2.39. The molecule has 0 radical (unpaired) electrons. The first-order chi connectivity index (χ1) is 21.3. The van der Waals surface area contributed by atoms with Crippen molar-refractivity contribution in [2.24, 2.45) is 0 Å². The van der Waals surface area contributed by atoms with E-state index >= 15 is 0 Å². The van der Waals surface area contributed by atoms with E-state index in [-0.39, 0.29) is 0 Å². The van der Waals surface area contributed by atoms with Crippen LogP contribution in [0.2, 0.25) is 0 Å². The number of para-hydroxylation sites is 3. The maximum Gasteiger partial charge on any atom is 0.143 e. The molecule has 0 atom stereocenters. The maximum absolute atomic E-state index is 6.56. The molecule has 3 nitrogen and oxygen atoms in total. The van der Waals surface area contributed by atoms with Crippen LogP contribution in [0.25, 0.3) is 87.7 Å². The Morgan fingerprint density at radius 1 is 0.349 bits per heavy atom. The zero-order chi connectivity index (χ0) is 28.1. The van der Waals surface area contributed by atoms with E-state index in [0.29, 0.717) is 0 Å². The number of hydrogen-bond donors (Lipinski definition) is 0. The van der Waals surface area contributed by atoms with Gasteiger partial charge in [-0.05, 0) is 60.0 Å². The molecular formula is C40H24N2O. The van der Waals surface area contributed by atoms with Gasteiger partial charge in [-0.2, -0.15) is 0 Å². The second kappa shape index (κ2) is 8.37. The second-order valence-corrected chi connectivity index (χ2v) is 11.4. The summed E-state index contributed by atoms with van der Waals surface area (Å²) < 4.78 is 11.3. The Morgan fingerprint density at radius 3 is 1.56 bits per heavy atom. The van der Waals surface area contributed by atoms with Crippen molar-refractivity contribution >= 4 is 76.3 Å². The highest BCUT2D eigenvalue weighted by Gasteiger charge is 2.17. The van der Waals surface area contributed by atoms with Crippen LogP contribution in [0.5, 0.6) is 0 Å². The number of aromatic nitrogens is 2. The molecule has 0 N–H and O–H groups in total. The van der Waals surface area contributed by atoms with Gasteiger partial charge in [-0.3, -0.25) is 0 Å². The highest BCUT2D eigenvalue weighted by molar-refractivity contribution is 6.16. The van der Waals surface area contributed by atoms with Crippen LogP contribution in [0.4, 0.5) is 0 Å². The van der Waals surface area contributed by atoms with Crippen molar-refractivity contribution < 1.29 is 4.42 Å². The molecule has 0 unspecified atom stereocenters. The van der Waals surface area contributed by atoms with E-state index in [0.717, 1.165) is 38.7 Å². The molecule has 0 aliphatic heterocycles. The normalized spacial score (nSPS) is 12.2. The van der Waals surface area contributed by atoms with Crippen molar-refractivity contribution in [1.29, 1.82) is 0 Å². The van der Waals surface area contributed by atoms with Crippen molar-refractivity contribution in [2.75, 3.05) is 0 Å². The van der Waals surface area contributed by atoms with E-state index in [4.69, 9.17) is 4.42 Å². The molecule has 0 fully saturated rings. The Balaban J connectivity index is 1.23. The van der Waals surface area contributed by atoms with Crippen molar-refractivity contribution in [3.63, 3.8) is 0 Å². The zero-order valence-electron chi connectivity index (χ0n) is 23.2. The molecule has 0 amide bonds. The Kier molecular flexibility index (Phi) is 4.45. The molecule has 3 heterocycles. The third-order valence-corrected chi connectivity index (χ3v) is 9.10. The topological polar surface area (TPSA) is 23.0 Å². The van der Waals surface area contributed by atoms with Gasteiger partial charge in [0.05, 0.1) is 22.1 Å². The van der Waals surface area contributed by atoms with Crippen LogP contribution in [0.15, 0.2) is 150 Å². The molecule has 0 saturated carbocycles. The molecule has 0 aliphatic carbocycles. The Labute approximate surface area is 246 Å². The first-order valence-electron chi connectivity index (χ1n) is 14.7. The van der Waals surface area contributed by atoms with Crippen molar-refractivity contribution in [3.05, 3.63) is 146 Å². The minimum absolute atomic E-state index is 0.900. The smallest absolute Gasteiger partial charge is 0.143 e. The van der Waals surface area contributed by atoms with E-state index in [1.807, 2.05) is 0 Å². The van der Waals surface area contributed by atoms with Crippen LogP contribution in [0, 0.1) is 0 Å². The first-order valence-corrected chi connectivity index (χ1v) is 14.7. The summed E-state index contributed by atoms with van der Waals surface area (Å²) in [6.07, 6.45) is 0. The summed E-state index contributed by atoms with van der Waals surface area (Å²) >= 11 is 0. The fourth-order valence-corrected chi connectivity index (χ4v) is 7.21. The molecule has 200 valence electrons. The molecule has 0 saturated heterocycles. The minimum Gasteiger partial charge on any atom is -0.455 e. The molecular weight excluding hydrogens is 524 g/mol. The summed E-state index contributed by atoms with van der Waals surface area (Å²) in [6.45, 7) is 0. The van der Waals surface area contributed by atoms with Gasteiger partial charge in [0.15, 0.2) is 0 Å². The fraction of sp³-hybridized carbons (Fsp3) is 0. The lowest BCUT2D eigenvalue weighted by molar-refractivity contribution is 0.672. The van der Waals surface area contributed by atoms with Gasteiger partial charge in [-0.25, -0.2) is 0 Å². The van der Waals surface area contributed by atoms with Crippen LogP contribution < -0.4 is 0 Å². The molecule has 0 bridgehead atoms. The van der Waals surface area contributed by atoms with E-state index in [1.54, 1.807) is 0 Å². The summed E-state index contributed by atoms with van der Waals surface area (Å²) in [5, 5.41) is 9.63. The van der Waals surface area contributed by atoms with Gasteiger partial charge in [-0.1, -0.05) is 84.9 Å². The molecule has 7 aromatic carbocycles. The molecule has 10 aromatic rings. The predicted molar refractivity (Wildman–Crippen MR) is 180 cm³/mol. The molecule has 10 rings (SSSR count). The molecule has 43 heavy (non-hydrogen) atoms. The van der Waals surface area contributed by atoms with E-state index < -0.39 is 0 Å². The van der Waals surface area contributed by atoms with Gasteiger partial charge in [0, 0.05) is 55.1 Å². The quantitative estimate of drug-likeness (QED) is 0.211. The lowest BCUT2D eigenvalue weighted by Crippen LogP contribution is -1.95. The summed E-state index contributed by atoms with van der Waals surface area (Å²) in [7, 11) is 0. The lowest BCUT2D eigenvalue weighted by atomic mass is 10.1.